The molecule has 1 aromatic carbocycles. The number of amides is 4. The normalized spacial score (nSPS) is 21.3. The second-order valence-corrected chi connectivity index (χ2v) is 7.32. The van der Waals surface area contributed by atoms with Gasteiger partial charge in [-0.05, 0) is 44.4 Å². The Morgan fingerprint density at radius 3 is 2.59 bits per heavy atom. The van der Waals surface area contributed by atoms with Gasteiger partial charge in [0.1, 0.15) is 0 Å². The van der Waals surface area contributed by atoms with E-state index in [1.54, 1.807) is 4.90 Å². The number of hydrogen-bond donors (Lipinski definition) is 3. The first-order chi connectivity index (χ1) is 12.9. The number of urea groups is 1. The zero-order chi connectivity index (χ0) is 19.4. The Morgan fingerprint density at radius 1 is 1.22 bits per heavy atom. The molecule has 1 unspecified atom stereocenters. The van der Waals surface area contributed by atoms with Crippen LogP contribution in [0.4, 0.5) is 16.2 Å². The molecule has 0 saturated carbocycles. The van der Waals surface area contributed by atoms with Crippen molar-refractivity contribution in [3.63, 3.8) is 0 Å². The van der Waals surface area contributed by atoms with Crippen LogP contribution in [0.2, 0.25) is 0 Å². The minimum atomic E-state index is -0.329. The predicted octanol–water partition coefficient (Wildman–Crippen LogP) is 1.27. The number of nitrogens with zero attached hydrogens (tertiary/aromatic N) is 2. The van der Waals surface area contributed by atoms with Gasteiger partial charge in [-0.25, -0.2) is 4.79 Å². The Labute approximate surface area is 159 Å². The van der Waals surface area contributed by atoms with E-state index in [9.17, 15) is 14.4 Å². The summed E-state index contributed by atoms with van der Waals surface area (Å²) in [5, 5.41) is 5.82. The quantitative estimate of drug-likeness (QED) is 0.722. The van der Waals surface area contributed by atoms with Gasteiger partial charge in [-0.2, -0.15) is 0 Å². The number of carbonyl (C=O) groups excluding carboxylic acids is 3. The van der Waals surface area contributed by atoms with Gasteiger partial charge in [0.05, 0.1) is 6.54 Å². The van der Waals surface area contributed by atoms with Crippen LogP contribution in [-0.4, -0.2) is 54.5 Å². The van der Waals surface area contributed by atoms with Gasteiger partial charge in [0.2, 0.25) is 11.8 Å². The van der Waals surface area contributed by atoms with Crippen molar-refractivity contribution >= 4 is 29.2 Å². The molecular weight excluding hydrogens is 346 g/mol. The summed E-state index contributed by atoms with van der Waals surface area (Å²) in [4.78, 5) is 39.1. The van der Waals surface area contributed by atoms with Crippen molar-refractivity contribution in [1.82, 2.24) is 10.2 Å². The van der Waals surface area contributed by atoms with Crippen molar-refractivity contribution in [2.24, 2.45) is 5.73 Å². The van der Waals surface area contributed by atoms with Crippen LogP contribution in [0, 0.1) is 0 Å². The number of piperidine rings is 1. The maximum atomic E-state index is 12.3. The number of carbonyl (C=O) groups is 3. The number of hydrogen-bond acceptors (Lipinski definition) is 4. The summed E-state index contributed by atoms with van der Waals surface area (Å²) in [6.45, 7) is 3.76. The van der Waals surface area contributed by atoms with Gasteiger partial charge in [-0.1, -0.05) is 6.07 Å². The van der Waals surface area contributed by atoms with E-state index in [4.69, 9.17) is 5.73 Å². The first-order valence-corrected chi connectivity index (χ1v) is 9.42. The fraction of sp³-hybridized carbons (Fsp3) is 0.526. The SMILES string of the molecule is CC1CCC(=O)N1c1cccc(NC(=O)NC2CCN(CC(N)=O)CC2)c1. The minimum absolute atomic E-state index is 0.0671. The van der Waals surface area contributed by atoms with Crippen LogP contribution in [0.3, 0.4) is 0 Å². The molecule has 0 aromatic heterocycles. The summed E-state index contributed by atoms with van der Waals surface area (Å²) in [5.41, 5.74) is 6.68. The van der Waals surface area contributed by atoms with Gasteiger partial charge >= 0.3 is 6.03 Å². The largest absolute Gasteiger partial charge is 0.369 e. The number of likely N-dealkylation sites (tertiary alicyclic amines) is 1. The van der Waals surface area contributed by atoms with Crippen molar-refractivity contribution in [1.29, 1.82) is 0 Å². The number of rotatable bonds is 5. The summed E-state index contributed by atoms with van der Waals surface area (Å²) < 4.78 is 0. The second kappa shape index (κ2) is 8.39. The Balaban J connectivity index is 1.52. The molecule has 1 aromatic rings. The molecule has 3 rings (SSSR count). The van der Waals surface area contributed by atoms with Gasteiger partial charge in [0.15, 0.2) is 0 Å². The van der Waals surface area contributed by atoms with E-state index in [2.05, 4.69) is 10.6 Å². The lowest BCUT2D eigenvalue weighted by Crippen LogP contribution is -2.47. The molecule has 2 aliphatic rings. The molecule has 8 nitrogen and oxygen atoms in total. The minimum Gasteiger partial charge on any atom is -0.369 e. The second-order valence-electron chi connectivity index (χ2n) is 7.32. The number of nitrogens with two attached hydrogens (primary N) is 1. The Kier molecular flexibility index (Phi) is 5.95. The van der Waals surface area contributed by atoms with E-state index in [-0.39, 0.29) is 36.5 Å². The van der Waals surface area contributed by atoms with Gasteiger partial charge in [0.25, 0.3) is 0 Å². The number of benzene rings is 1. The van der Waals surface area contributed by atoms with E-state index >= 15 is 0 Å². The Hall–Kier alpha value is -2.61. The van der Waals surface area contributed by atoms with Crippen molar-refractivity contribution in [2.45, 2.75) is 44.7 Å². The van der Waals surface area contributed by atoms with Crippen LogP contribution in [-0.2, 0) is 9.59 Å². The molecular formula is C19H27N5O3. The molecule has 1 atom stereocenters. The highest BCUT2D eigenvalue weighted by Crippen LogP contribution is 2.28. The molecule has 2 aliphatic heterocycles. The van der Waals surface area contributed by atoms with Crippen molar-refractivity contribution < 1.29 is 14.4 Å². The number of primary amides is 1. The third-order valence-electron chi connectivity index (χ3n) is 5.17. The molecule has 146 valence electrons. The molecule has 8 heteroatoms. The maximum Gasteiger partial charge on any atom is 0.319 e. The van der Waals surface area contributed by atoms with Crippen LogP contribution in [0.5, 0.6) is 0 Å². The zero-order valence-electron chi connectivity index (χ0n) is 15.6. The van der Waals surface area contributed by atoms with Crippen LogP contribution >= 0.6 is 0 Å². The first kappa shape index (κ1) is 19.2. The summed E-state index contributed by atoms with van der Waals surface area (Å²) in [5.74, 6) is -0.211. The number of anilines is 2. The third kappa shape index (κ3) is 4.97. The van der Waals surface area contributed by atoms with Crippen LogP contribution in [0.1, 0.15) is 32.6 Å². The first-order valence-electron chi connectivity index (χ1n) is 9.42. The Bertz CT molecular complexity index is 715. The smallest absolute Gasteiger partial charge is 0.319 e. The highest BCUT2D eigenvalue weighted by molar-refractivity contribution is 5.97. The predicted molar refractivity (Wildman–Crippen MR) is 103 cm³/mol. The van der Waals surface area contributed by atoms with Crippen molar-refractivity contribution in [2.75, 3.05) is 29.9 Å². The van der Waals surface area contributed by atoms with Gasteiger partial charge in [-0.3, -0.25) is 14.5 Å². The standard InChI is InChI=1S/C19H27N5O3/c1-13-5-6-18(26)24(13)16-4-2-3-15(11-16)22-19(27)21-14-7-9-23(10-8-14)12-17(20)25/h2-4,11,13-14H,5-10,12H2,1H3,(H2,20,25)(H2,21,22,27). The summed E-state index contributed by atoms with van der Waals surface area (Å²) in [6.07, 6.45) is 2.97. The fourth-order valence-electron chi connectivity index (χ4n) is 3.77. The van der Waals surface area contributed by atoms with Crippen LogP contribution in [0.15, 0.2) is 24.3 Å². The highest BCUT2D eigenvalue weighted by atomic mass is 16.2. The Morgan fingerprint density at radius 2 is 1.96 bits per heavy atom. The molecule has 2 fully saturated rings. The lowest BCUT2D eigenvalue weighted by molar-refractivity contribution is -0.119. The van der Waals surface area contributed by atoms with Gasteiger partial charge in [0, 0.05) is 43.0 Å². The van der Waals surface area contributed by atoms with Crippen molar-refractivity contribution in [3.05, 3.63) is 24.3 Å². The third-order valence-corrected chi connectivity index (χ3v) is 5.17. The fourth-order valence-corrected chi connectivity index (χ4v) is 3.77. The molecule has 27 heavy (non-hydrogen) atoms. The number of nitrogens with one attached hydrogen (secondary N) is 2. The maximum absolute atomic E-state index is 12.3. The summed E-state index contributed by atoms with van der Waals surface area (Å²) in [7, 11) is 0. The molecule has 0 bridgehead atoms. The summed E-state index contributed by atoms with van der Waals surface area (Å²) in [6, 6.07) is 7.34. The van der Waals surface area contributed by atoms with Crippen molar-refractivity contribution in [3.8, 4) is 0 Å². The summed E-state index contributed by atoms with van der Waals surface area (Å²) >= 11 is 0. The van der Waals surface area contributed by atoms with E-state index in [0.29, 0.717) is 12.1 Å². The molecule has 2 heterocycles. The molecule has 0 aliphatic carbocycles. The van der Waals surface area contributed by atoms with Crippen LogP contribution < -0.4 is 21.3 Å². The average Bonchev–Trinajstić information content (AvgIpc) is 2.95. The van der Waals surface area contributed by atoms with Crippen LogP contribution in [0.25, 0.3) is 0 Å². The van der Waals surface area contributed by atoms with E-state index in [0.717, 1.165) is 38.0 Å². The highest BCUT2D eigenvalue weighted by Gasteiger charge is 2.29. The molecule has 2 saturated heterocycles. The zero-order valence-corrected chi connectivity index (χ0v) is 15.6. The molecule has 4 N–H and O–H groups in total. The van der Waals surface area contributed by atoms with E-state index in [1.807, 2.05) is 36.1 Å². The topological polar surface area (TPSA) is 108 Å². The van der Waals surface area contributed by atoms with E-state index in [1.165, 1.54) is 0 Å². The van der Waals surface area contributed by atoms with Gasteiger partial charge < -0.3 is 21.3 Å². The molecule has 0 spiro atoms. The molecule has 4 amide bonds. The lowest BCUT2D eigenvalue weighted by atomic mass is 10.1. The average molecular weight is 373 g/mol. The van der Waals surface area contributed by atoms with E-state index < -0.39 is 0 Å². The lowest BCUT2D eigenvalue weighted by Gasteiger charge is -2.31. The molecule has 0 radical (unpaired) electrons. The monoisotopic (exact) mass is 373 g/mol. The van der Waals surface area contributed by atoms with Gasteiger partial charge in [-0.15, -0.1) is 0 Å².